The Labute approximate surface area is 156 Å². The van der Waals surface area contributed by atoms with Crippen molar-refractivity contribution in [3.05, 3.63) is 60.3 Å². The van der Waals surface area contributed by atoms with Crippen molar-refractivity contribution in [3.8, 4) is 0 Å². The Kier molecular flexibility index (Phi) is 4.78. The van der Waals surface area contributed by atoms with Gasteiger partial charge in [0.2, 0.25) is 5.95 Å². The van der Waals surface area contributed by atoms with Crippen LogP contribution in [-0.2, 0) is 0 Å². The van der Waals surface area contributed by atoms with E-state index in [0.717, 1.165) is 30.9 Å². The first-order valence-electron chi connectivity index (χ1n) is 8.86. The Morgan fingerprint density at radius 1 is 1.07 bits per heavy atom. The smallest absolute Gasteiger partial charge is 0.227 e. The first kappa shape index (κ1) is 17.1. The Balaban J connectivity index is 1.58. The number of benzene rings is 1. The molecule has 1 aliphatic heterocycles. The highest BCUT2D eigenvalue weighted by molar-refractivity contribution is 5.59. The average molecular weight is 365 g/mol. The molecule has 1 fully saturated rings. The van der Waals surface area contributed by atoms with Gasteiger partial charge in [-0.15, -0.1) is 0 Å². The van der Waals surface area contributed by atoms with Crippen molar-refractivity contribution < 1.29 is 4.39 Å². The van der Waals surface area contributed by atoms with E-state index in [-0.39, 0.29) is 11.9 Å². The second-order valence-corrected chi connectivity index (χ2v) is 6.41. The fraction of sp³-hybridized carbons (Fsp3) is 0.263. The Morgan fingerprint density at radius 3 is 2.56 bits per heavy atom. The summed E-state index contributed by atoms with van der Waals surface area (Å²) in [6, 6.07) is 8.25. The molecule has 0 unspecified atom stereocenters. The van der Waals surface area contributed by atoms with E-state index in [9.17, 15) is 4.39 Å². The highest BCUT2D eigenvalue weighted by atomic mass is 19.1. The van der Waals surface area contributed by atoms with E-state index in [0.29, 0.717) is 17.6 Å². The molecule has 1 atom stereocenters. The van der Waals surface area contributed by atoms with Gasteiger partial charge in [-0.25, -0.2) is 9.37 Å². The van der Waals surface area contributed by atoms with Gasteiger partial charge in [-0.3, -0.25) is 4.98 Å². The number of nitrogens with zero attached hydrogens (tertiary/aromatic N) is 5. The highest BCUT2D eigenvalue weighted by Gasteiger charge is 2.19. The molecule has 1 aliphatic rings. The number of hydrogen-bond donors (Lipinski definition) is 2. The van der Waals surface area contributed by atoms with Crippen LogP contribution >= 0.6 is 0 Å². The Hall–Kier alpha value is -3.29. The van der Waals surface area contributed by atoms with Crippen molar-refractivity contribution in [2.45, 2.75) is 19.4 Å². The van der Waals surface area contributed by atoms with Crippen LogP contribution in [0.15, 0.2) is 48.9 Å². The maximum atomic E-state index is 13.2. The first-order chi connectivity index (χ1) is 13.2. The molecule has 7 nitrogen and oxygen atoms in total. The normalized spacial score (nSPS) is 14.4. The number of aromatic nitrogens is 4. The van der Waals surface area contributed by atoms with E-state index in [1.807, 2.05) is 13.0 Å². The molecule has 0 aliphatic carbocycles. The highest BCUT2D eigenvalue weighted by Crippen LogP contribution is 2.26. The molecular weight excluding hydrogens is 345 g/mol. The lowest BCUT2D eigenvalue weighted by Gasteiger charge is -2.32. The second kappa shape index (κ2) is 7.53. The van der Waals surface area contributed by atoms with Gasteiger partial charge in [-0.2, -0.15) is 9.97 Å². The van der Waals surface area contributed by atoms with Crippen LogP contribution < -0.4 is 15.5 Å². The molecule has 4 rings (SSSR count). The molecule has 3 heterocycles. The van der Waals surface area contributed by atoms with Gasteiger partial charge < -0.3 is 15.5 Å². The zero-order valence-corrected chi connectivity index (χ0v) is 14.9. The van der Waals surface area contributed by atoms with Crippen LogP contribution in [0.4, 0.5) is 27.8 Å². The topological polar surface area (TPSA) is 78.9 Å². The van der Waals surface area contributed by atoms with Crippen LogP contribution in [0.1, 0.15) is 24.9 Å². The summed E-state index contributed by atoms with van der Waals surface area (Å²) in [6.07, 6.45) is 6.04. The summed E-state index contributed by atoms with van der Waals surface area (Å²) in [5.74, 6) is 2.36. The molecule has 1 aromatic carbocycles. The minimum Gasteiger partial charge on any atom is -0.356 e. The summed E-state index contributed by atoms with van der Waals surface area (Å²) < 4.78 is 13.2. The SMILES string of the molecule is C[C@H](Nc1nc(Nc2cnccn2)cc(N2CCC2)n1)c1ccc(F)cc1. The van der Waals surface area contributed by atoms with Gasteiger partial charge >= 0.3 is 0 Å². The summed E-state index contributed by atoms with van der Waals surface area (Å²) in [6.45, 7) is 3.95. The predicted octanol–water partition coefficient (Wildman–Crippen LogP) is 3.53. The van der Waals surface area contributed by atoms with Gasteiger partial charge in [0, 0.05) is 31.5 Å². The summed E-state index contributed by atoms with van der Waals surface area (Å²) in [4.78, 5) is 19.7. The largest absolute Gasteiger partial charge is 0.356 e. The molecule has 8 heteroatoms. The van der Waals surface area contributed by atoms with E-state index in [4.69, 9.17) is 0 Å². The second-order valence-electron chi connectivity index (χ2n) is 6.41. The molecule has 0 amide bonds. The van der Waals surface area contributed by atoms with Gasteiger partial charge in [0.25, 0.3) is 0 Å². The molecule has 0 radical (unpaired) electrons. The van der Waals surface area contributed by atoms with Crippen molar-refractivity contribution in [2.24, 2.45) is 0 Å². The molecule has 0 spiro atoms. The lowest BCUT2D eigenvalue weighted by atomic mass is 10.1. The molecule has 2 aromatic heterocycles. The van der Waals surface area contributed by atoms with E-state index >= 15 is 0 Å². The van der Waals surface area contributed by atoms with Gasteiger partial charge in [-0.1, -0.05) is 12.1 Å². The standard InChI is InChI=1S/C19H20FN7/c1-13(14-3-5-15(20)6-4-14)23-19-25-16(24-17-12-21-7-8-22-17)11-18(26-19)27-9-2-10-27/h3-8,11-13H,2,9-10H2,1H3,(H2,22,23,24,25,26)/t13-/m0/s1. The van der Waals surface area contributed by atoms with Gasteiger partial charge in [-0.05, 0) is 31.0 Å². The van der Waals surface area contributed by atoms with E-state index < -0.39 is 0 Å². The summed E-state index contributed by atoms with van der Waals surface area (Å²) in [5.41, 5.74) is 0.956. The van der Waals surface area contributed by atoms with Crippen molar-refractivity contribution in [1.82, 2.24) is 19.9 Å². The zero-order chi connectivity index (χ0) is 18.6. The van der Waals surface area contributed by atoms with E-state index in [1.165, 1.54) is 12.1 Å². The molecular formula is C19H20FN7. The summed E-state index contributed by atoms with van der Waals surface area (Å²) >= 11 is 0. The molecule has 138 valence electrons. The quantitative estimate of drug-likeness (QED) is 0.692. The monoisotopic (exact) mass is 365 g/mol. The number of halogens is 1. The minimum absolute atomic E-state index is 0.0680. The van der Waals surface area contributed by atoms with Crippen LogP contribution in [-0.4, -0.2) is 33.0 Å². The number of rotatable bonds is 6. The van der Waals surface area contributed by atoms with Crippen LogP contribution in [0.3, 0.4) is 0 Å². The molecule has 27 heavy (non-hydrogen) atoms. The number of anilines is 4. The maximum absolute atomic E-state index is 13.2. The van der Waals surface area contributed by atoms with Crippen LogP contribution in [0.5, 0.6) is 0 Å². The van der Waals surface area contributed by atoms with Crippen molar-refractivity contribution in [3.63, 3.8) is 0 Å². The van der Waals surface area contributed by atoms with Crippen molar-refractivity contribution >= 4 is 23.4 Å². The molecule has 3 aromatic rings. The summed E-state index contributed by atoms with van der Waals surface area (Å²) in [5, 5.41) is 6.47. The third-order valence-electron chi connectivity index (χ3n) is 4.43. The van der Waals surface area contributed by atoms with Gasteiger partial charge in [0.05, 0.1) is 12.2 Å². The van der Waals surface area contributed by atoms with Crippen LogP contribution in [0.25, 0.3) is 0 Å². The maximum Gasteiger partial charge on any atom is 0.227 e. The number of nitrogens with one attached hydrogen (secondary N) is 2. The third kappa shape index (κ3) is 4.11. The predicted molar refractivity (Wildman–Crippen MR) is 103 cm³/mol. The Morgan fingerprint density at radius 2 is 1.89 bits per heavy atom. The molecule has 1 saturated heterocycles. The fourth-order valence-electron chi connectivity index (χ4n) is 2.79. The molecule has 0 saturated carbocycles. The Bertz CT molecular complexity index is 898. The minimum atomic E-state index is -0.252. The van der Waals surface area contributed by atoms with Gasteiger partial charge in [0.1, 0.15) is 23.3 Å². The lowest BCUT2D eigenvalue weighted by molar-refractivity contribution is 0.609. The summed E-state index contributed by atoms with van der Waals surface area (Å²) in [7, 11) is 0. The van der Waals surface area contributed by atoms with Crippen LogP contribution in [0, 0.1) is 5.82 Å². The first-order valence-corrected chi connectivity index (χ1v) is 8.86. The van der Waals surface area contributed by atoms with E-state index in [2.05, 4.69) is 35.5 Å². The van der Waals surface area contributed by atoms with E-state index in [1.54, 1.807) is 30.7 Å². The zero-order valence-electron chi connectivity index (χ0n) is 14.9. The fourth-order valence-corrected chi connectivity index (χ4v) is 2.79. The van der Waals surface area contributed by atoms with Crippen molar-refractivity contribution in [2.75, 3.05) is 28.6 Å². The van der Waals surface area contributed by atoms with Crippen molar-refractivity contribution in [1.29, 1.82) is 0 Å². The van der Waals surface area contributed by atoms with Crippen LogP contribution in [0.2, 0.25) is 0 Å². The lowest BCUT2D eigenvalue weighted by Crippen LogP contribution is -2.37. The third-order valence-corrected chi connectivity index (χ3v) is 4.43. The number of hydrogen-bond acceptors (Lipinski definition) is 7. The molecule has 2 N–H and O–H groups in total. The van der Waals surface area contributed by atoms with Gasteiger partial charge in [0.15, 0.2) is 0 Å². The average Bonchev–Trinajstić information content (AvgIpc) is 2.61. The molecule has 0 bridgehead atoms.